The van der Waals surface area contributed by atoms with Crippen molar-refractivity contribution in [3.8, 4) is 0 Å². The normalized spacial score (nSPS) is 36.5. The fourth-order valence-corrected chi connectivity index (χ4v) is 9.88. The third-order valence-electron chi connectivity index (χ3n) is 7.04. The molecule has 0 saturated heterocycles. The molecular weight excluding hydrogens is 561 g/mol. The van der Waals surface area contributed by atoms with Gasteiger partial charge in [-0.25, -0.2) is 0 Å². The first-order chi connectivity index (χ1) is 17.6. The van der Waals surface area contributed by atoms with Crippen LogP contribution in [0, 0.1) is 5.92 Å². The van der Waals surface area contributed by atoms with Crippen LogP contribution in [0.25, 0.3) is 0 Å². The van der Waals surface area contributed by atoms with E-state index in [1.165, 1.54) is 30.8 Å². The van der Waals surface area contributed by atoms with Crippen molar-refractivity contribution in [2.75, 3.05) is 30.1 Å². The van der Waals surface area contributed by atoms with Crippen molar-refractivity contribution in [2.45, 2.75) is 82.8 Å². The number of hydrogen-bond donors (Lipinski definition) is 3. The quantitative estimate of drug-likeness (QED) is 0.392. The smallest absolute Gasteiger partial charge is 0.249 e. The molecule has 4 aliphatic rings. The topological polar surface area (TPSA) is 128 Å². The third kappa shape index (κ3) is 5.59. The van der Waals surface area contributed by atoms with Gasteiger partial charge < -0.3 is 15.7 Å². The number of rotatable bonds is 8. The van der Waals surface area contributed by atoms with Crippen LogP contribution < -0.4 is 10.6 Å². The maximum atomic E-state index is 13.2. The number of aliphatic hydroxyl groups is 1. The van der Waals surface area contributed by atoms with Gasteiger partial charge in [0, 0.05) is 36.0 Å². The minimum absolute atomic E-state index is 0.279. The lowest BCUT2D eigenvalue weighted by molar-refractivity contribution is -0.133. The molecule has 9 nitrogen and oxygen atoms in total. The summed E-state index contributed by atoms with van der Waals surface area (Å²) in [6.07, 6.45) is -1.03. The number of thioether (sulfide) groups is 4. The summed E-state index contributed by atoms with van der Waals surface area (Å²) >= 11 is 6.88. The molecule has 4 aliphatic heterocycles. The van der Waals surface area contributed by atoms with E-state index in [1.54, 1.807) is 30.4 Å². The van der Waals surface area contributed by atoms with Gasteiger partial charge in [0.1, 0.15) is 28.2 Å². The SMILES string of the molecule is CNC(=O)[C@H](NC(=O)[C@]1(C)CSC([C@]2(C)CSC([C@]3(C)CSC([C@@]4(C)CSC(C(C)C)=N4)=N3)=N2)=N1)[C@@H](C)O. The predicted octanol–water partition coefficient (Wildman–Crippen LogP) is 2.87. The maximum Gasteiger partial charge on any atom is 0.249 e. The van der Waals surface area contributed by atoms with E-state index in [0.717, 1.165) is 32.4 Å². The van der Waals surface area contributed by atoms with Gasteiger partial charge in [-0.1, -0.05) is 13.8 Å². The molecule has 13 heteroatoms. The molecule has 4 rings (SSSR count). The standard InChI is InChI=1S/C25H38N6O3S4/c1-13(2)17-28-23(5,10-35-17)19-30-25(7,12-37-19)21-31-24(6,11-38-21)20-29-22(4,9-36-20)18(34)27-15(14(3)32)16(33)26-8/h13-15,32H,9-12H2,1-8H3,(H,26,33)(H,27,34)/t14-,15-,22+,23-,24+,25+/m1/s1. The summed E-state index contributed by atoms with van der Waals surface area (Å²) in [6, 6.07) is -1.04. The van der Waals surface area contributed by atoms with Gasteiger partial charge in [0.05, 0.1) is 26.3 Å². The Bertz CT molecular complexity index is 1140. The number of carbonyl (C=O) groups is 2. The van der Waals surface area contributed by atoms with Crippen LogP contribution in [-0.4, -0.2) is 101 Å². The molecule has 0 aliphatic carbocycles. The van der Waals surface area contributed by atoms with Gasteiger partial charge in [-0.05, 0) is 34.6 Å². The second-order valence-corrected chi connectivity index (χ2v) is 15.3. The van der Waals surface area contributed by atoms with Crippen LogP contribution in [0.15, 0.2) is 20.0 Å². The maximum absolute atomic E-state index is 13.2. The molecule has 0 fully saturated rings. The number of aliphatic imine (C=N–C) groups is 4. The monoisotopic (exact) mass is 598 g/mol. The largest absolute Gasteiger partial charge is 0.391 e. The van der Waals surface area contributed by atoms with Gasteiger partial charge in [0.25, 0.3) is 0 Å². The van der Waals surface area contributed by atoms with Crippen LogP contribution in [0.3, 0.4) is 0 Å². The first-order valence-corrected chi connectivity index (χ1v) is 16.7. The van der Waals surface area contributed by atoms with Gasteiger partial charge in [-0.15, -0.1) is 47.0 Å². The summed E-state index contributed by atoms with van der Waals surface area (Å²) in [6.45, 7) is 14.0. The van der Waals surface area contributed by atoms with Crippen molar-refractivity contribution in [2.24, 2.45) is 25.9 Å². The van der Waals surface area contributed by atoms with Crippen molar-refractivity contribution in [3.63, 3.8) is 0 Å². The molecule has 0 aromatic carbocycles. The summed E-state index contributed by atoms with van der Waals surface area (Å²) < 4.78 is 0. The molecule has 0 bridgehead atoms. The zero-order chi connectivity index (χ0) is 28.1. The second-order valence-electron chi connectivity index (χ2n) is 11.4. The van der Waals surface area contributed by atoms with Crippen LogP contribution >= 0.6 is 47.0 Å². The van der Waals surface area contributed by atoms with E-state index in [4.69, 9.17) is 20.0 Å². The molecule has 38 heavy (non-hydrogen) atoms. The third-order valence-corrected chi connectivity index (χ3v) is 13.1. The Labute approximate surface area is 242 Å². The van der Waals surface area contributed by atoms with Crippen LogP contribution in [-0.2, 0) is 9.59 Å². The van der Waals surface area contributed by atoms with Gasteiger partial charge >= 0.3 is 0 Å². The van der Waals surface area contributed by atoms with Crippen LogP contribution in [0.5, 0.6) is 0 Å². The van der Waals surface area contributed by atoms with E-state index in [1.807, 2.05) is 11.8 Å². The van der Waals surface area contributed by atoms with Crippen molar-refractivity contribution in [1.82, 2.24) is 10.6 Å². The minimum Gasteiger partial charge on any atom is -0.391 e. The Morgan fingerprint density at radius 1 is 0.789 bits per heavy atom. The molecule has 0 aromatic heterocycles. The van der Waals surface area contributed by atoms with Crippen molar-refractivity contribution in [3.05, 3.63) is 0 Å². The molecule has 0 spiro atoms. The number of carbonyl (C=O) groups excluding carboxylic acids is 2. The minimum atomic E-state index is -1.05. The molecule has 0 saturated carbocycles. The molecular formula is C25H38N6O3S4. The lowest BCUT2D eigenvalue weighted by Crippen LogP contribution is -2.56. The summed E-state index contributed by atoms with van der Waals surface area (Å²) in [5.41, 5.74) is -2.28. The molecule has 4 heterocycles. The predicted molar refractivity (Wildman–Crippen MR) is 166 cm³/mol. The summed E-state index contributed by atoms with van der Waals surface area (Å²) in [4.78, 5) is 45.5. The fourth-order valence-electron chi connectivity index (χ4n) is 4.44. The van der Waals surface area contributed by atoms with E-state index in [0.29, 0.717) is 11.7 Å². The molecule has 2 amide bonds. The zero-order valence-corrected chi connectivity index (χ0v) is 26.5. The molecule has 0 radical (unpaired) electrons. The lowest BCUT2D eigenvalue weighted by atomic mass is 10.0. The highest BCUT2D eigenvalue weighted by Gasteiger charge is 2.51. The van der Waals surface area contributed by atoms with E-state index in [-0.39, 0.29) is 11.4 Å². The molecule has 0 aromatic rings. The Kier molecular flexibility index (Phi) is 8.48. The number of aliphatic hydroxyl groups excluding tert-OH is 1. The van der Waals surface area contributed by atoms with Gasteiger partial charge in [-0.2, -0.15) is 0 Å². The summed E-state index contributed by atoms with van der Waals surface area (Å²) in [5.74, 6) is 2.52. The molecule has 3 N–H and O–H groups in total. The summed E-state index contributed by atoms with van der Waals surface area (Å²) in [5, 5.41) is 19.3. The number of amides is 2. The number of nitrogens with zero attached hydrogens (tertiary/aromatic N) is 4. The Morgan fingerprint density at radius 2 is 1.26 bits per heavy atom. The van der Waals surface area contributed by atoms with E-state index >= 15 is 0 Å². The zero-order valence-electron chi connectivity index (χ0n) is 23.2. The number of nitrogens with one attached hydrogen (secondary N) is 2. The molecule has 6 atom stereocenters. The molecule has 0 unspecified atom stereocenters. The van der Waals surface area contributed by atoms with Crippen LogP contribution in [0.2, 0.25) is 0 Å². The second kappa shape index (κ2) is 10.8. The highest BCUT2D eigenvalue weighted by molar-refractivity contribution is 8.17. The first kappa shape index (κ1) is 30.0. The van der Waals surface area contributed by atoms with Crippen molar-refractivity contribution < 1.29 is 14.7 Å². The van der Waals surface area contributed by atoms with E-state index < -0.39 is 34.7 Å². The molecule has 210 valence electrons. The number of likely N-dealkylation sites (N-methyl/N-ethyl adjacent to an activating group) is 1. The van der Waals surface area contributed by atoms with Crippen LogP contribution in [0.4, 0.5) is 0 Å². The van der Waals surface area contributed by atoms with Gasteiger partial charge in [0.15, 0.2) is 0 Å². The Hall–Kier alpha value is -1.02. The van der Waals surface area contributed by atoms with Crippen molar-refractivity contribution in [1.29, 1.82) is 0 Å². The van der Waals surface area contributed by atoms with Gasteiger partial charge in [0.2, 0.25) is 11.8 Å². The number of hydrogen-bond acceptors (Lipinski definition) is 11. The highest BCUT2D eigenvalue weighted by atomic mass is 32.2. The summed E-state index contributed by atoms with van der Waals surface area (Å²) in [7, 11) is 1.47. The van der Waals surface area contributed by atoms with Crippen LogP contribution in [0.1, 0.15) is 48.5 Å². The Morgan fingerprint density at radius 3 is 1.74 bits per heavy atom. The average molecular weight is 599 g/mol. The fraction of sp³-hybridized carbons (Fsp3) is 0.760. The first-order valence-electron chi connectivity index (χ1n) is 12.8. The van der Waals surface area contributed by atoms with Crippen molar-refractivity contribution >= 4 is 79.0 Å². The van der Waals surface area contributed by atoms with E-state index in [2.05, 4.69) is 45.3 Å². The highest BCUT2D eigenvalue weighted by Crippen LogP contribution is 2.46. The lowest BCUT2D eigenvalue weighted by Gasteiger charge is -2.25. The Balaban J connectivity index is 1.52. The average Bonchev–Trinajstić information content (AvgIpc) is 3.64. The van der Waals surface area contributed by atoms with Gasteiger partial charge in [-0.3, -0.25) is 29.6 Å². The van der Waals surface area contributed by atoms with E-state index in [9.17, 15) is 14.7 Å².